The number of hydrogen-bond donors (Lipinski definition) is 2. The van der Waals surface area contributed by atoms with Crippen molar-refractivity contribution in [2.24, 2.45) is 0 Å². The Morgan fingerprint density at radius 2 is 1.92 bits per heavy atom. The molecule has 3 amide bonds. The van der Waals surface area contributed by atoms with Gasteiger partial charge in [-0.05, 0) is 61.9 Å². The van der Waals surface area contributed by atoms with E-state index in [-0.39, 0.29) is 24.1 Å². The number of carbonyl (C=O) groups is 2. The van der Waals surface area contributed by atoms with Gasteiger partial charge in [-0.2, -0.15) is 13.5 Å². The lowest BCUT2D eigenvalue weighted by Gasteiger charge is -2.29. The fraction of sp³-hybridized carbons (Fsp3) is 0.360. The summed E-state index contributed by atoms with van der Waals surface area (Å²) < 4.78 is 35.2. The van der Waals surface area contributed by atoms with Crippen LogP contribution in [0.5, 0.6) is 5.88 Å². The Labute approximate surface area is 214 Å². The van der Waals surface area contributed by atoms with Gasteiger partial charge in [0.05, 0.1) is 12.2 Å². The van der Waals surface area contributed by atoms with Crippen LogP contribution in [0.3, 0.4) is 0 Å². The largest absolute Gasteiger partial charge is 0.476 e. The Kier molecular flexibility index (Phi) is 6.14. The lowest BCUT2D eigenvalue weighted by atomic mass is 9.98. The molecular formula is C25H28N6O5S. The quantitative estimate of drug-likeness (QED) is 0.461. The molecule has 0 fully saturated rings. The topological polar surface area (TPSA) is 136 Å². The van der Waals surface area contributed by atoms with Crippen LogP contribution in [-0.2, 0) is 33.2 Å². The summed E-state index contributed by atoms with van der Waals surface area (Å²) in [6, 6.07) is 7.84. The second kappa shape index (κ2) is 9.18. The van der Waals surface area contributed by atoms with Crippen molar-refractivity contribution in [3.05, 3.63) is 53.9 Å². The Bertz CT molecular complexity index is 1500. The predicted octanol–water partition coefficient (Wildman–Crippen LogP) is 2.53. The van der Waals surface area contributed by atoms with E-state index in [2.05, 4.69) is 20.1 Å². The fourth-order valence-electron chi connectivity index (χ4n) is 4.73. The SMILES string of the molecule is CN1CCOc2cc(ccn2)-c2ccc3c(c2NC(=O)NS(=O)(=O)c2ccn(n2)C(C)(C)C1=O)CCC3. The van der Waals surface area contributed by atoms with Gasteiger partial charge in [0.1, 0.15) is 12.1 Å². The molecule has 0 atom stereocenters. The zero-order chi connectivity index (χ0) is 26.4. The van der Waals surface area contributed by atoms with Gasteiger partial charge in [-0.1, -0.05) is 12.1 Å². The normalized spacial score (nSPS) is 18.9. The molecule has 2 N–H and O–H groups in total. The van der Waals surface area contributed by atoms with Crippen molar-refractivity contribution in [1.82, 2.24) is 24.4 Å². The first-order chi connectivity index (χ1) is 17.6. The number of fused-ring (bicyclic) bond motifs is 8. The number of urea groups is 1. The number of ether oxygens (including phenoxy) is 1. The minimum Gasteiger partial charge on any atom is -0.476 e. The van der Waals surface area contributed by atoms with Crippen LogP contribution in [0.1, 0.15) is 31.4 Å². The molecule has 4 bridgehead atoms. The van der Waals surface area contributed by atoms with Crippen LogP contribution in [-0.4, -0.2) is 60.2 Å². The summed E-state index contributed by atoms with van der Waals surface area (Å²) in [7, 11) is -2.67. The molecular weight excluding hydrogens is 496 g/mol. The van der Waals surface area contributed by atoms with Gasteiger partial charge < -0.3 is 15.0 Å². The smallest absolute Gasteiger partial charge is 0.333 e. The number of likely N-dealkylation sites (N-methyl/N-ethyl adjacent to an activating group) is 1. The highest BCUT2D eigenvalue weighted by atomic mass is 32.2. The number of aryl methyl sites for hydroxylation is 1. The van der Waals surface area contributed by atoms with E-state index in [0.29, 0.717) is 11.6 Å². The summed E-state index contributed by atoms with van der Waals surface area (Å²) in [6.45, 7) is 3.75. The highest BCUT2D eigenvalue weighted by Gasteiger charge is 2.35. The average Bonchev–Trinajstić information content (AvgIpc) is 3.54. The molecule has 0 radical (unpaired) electrons. The maximum atomic E-state index is 13.1. The maximum absolute atomic E-state index is 13.1. The van der Waals surface area contributed by atoms with Crippen molar-refractivity contribution >= 4 is 27.6 Å². The summed E-state index contributed by atoms with van der Waals surface area (Å²) in [4.78, 5) is 31.9. The van der Waals surface area contributed by atoms with Gasteiger partial charge in [-0.3, -0.25) is 9.48 Å². The van der Waals surface area contributed by atoms with E-state index < -0.39 is 21.6 Å². The highest BCUT2D eigenvalue weighted by Crippen LogP contribution is 2.38. The molecule has 37 heavy (non-hydrogen) atoms. The van der Waals surface area contributed by atoms with E-state index in [1.807, 2.05) is 12.1 Å². The Balaban J connectivity index is 1.59. The van der Waals surface area contributed by atoms with Crippen LogP contribution in [0.2, 0.25) is 0 Å². The Hall–Kier alpha value is -3.93. The Morgan fingerprint density at radius 3 is 2.73 bits per heavy atom. The minimum absolute atomic E-state index is 0.200. The van der Waals surface area contributed by atoms with Gasteiger partial charge in [0.25, 0.3) is 10.0 Å². The number of nitrogens with one attached hydrogen (secondary N) is 2. The second-order valence-electron chi connectivity index (χ2n) is 9.65. The van der Waals surface area contributed by atoms with E-state index >= 15 is 0 Å². The van der Waals surface area contributed by atoms with E-state index in [9.17, 15) is 18.0 Å². The molecule has 0 spiro atoms. The summed E-state index contributed by atoms with van der Waals surface area (Å²) in [5.74, 6) is 0.0772. The fourth-order valence-corrected chi connectivity index (χ4v) is 5.57. The van der Waals surface area contributed by atoms with Crippen LogP contribution in [0.4, 0.5) is 10.5 Å². The average molecular weight is 525 g/mol. The Morgan fingerprint density at radius 1 is 1.11 bits per heavy atom. The molecule has 2 aliphatic rings. The lowest BCUT2D eigenvalue weighted by molar-refractivity contribution is -0.138. The lowest BCUT2D eigenvalue weighted by Crippen LogP contribution is -2.47. The third kappa shape index (κ3) is 4.64. The van der Waals surface area contributed by atoms with Crippen LogP contribution in [0.15, 0.2) is 47.8 Å². The van der Waals surface area contributed by atoms with Crippen LogP contribution >= 0.6 is 0 Å². The van der Waals surface area contributed by atoms with Crippen molar-refractivity contribution in [2.75, 3.05) is 25.5 Å². The molecule has 0 saturated heterocycles. The van der Waals surface area contributed by atoms with E-state index in [1.165, 1.54) is 21.8 Å². The molecule has 3 heterocycles. The zero-order valence-corrected chi connectivity index (χ0v) is 21.6. The molecule has 1 aliphatic heterocycles. The number of nitrogens with zero attached hydrogens (tertiary/aromatic N) is 4. The molecule has 194 valence electrons. The van der Waals surface area contributed by atoms with Gasteiger partial charge in [-0.15, -0.1) is 0 Å². The van der Waals surface area contributed by atoms with E-state index in [0.717, 1.165) is 41.5 Å². The van der Waals surface area contributed by atoms with Crippen molar-refractivity contribution in [2.45, 2.75) is 43.7 Å². The van der Waals surface area contributed by atoms with Gasteiger partial charge >= 0.3 is 6.03 Å². The van der Waals surface area contributed by atoms with Crippen molar-refractivity contribution in [1.29, 1.82) is 0 Å². The first-order valence-electron chi connectivity index (χ1n) is 12.0. The maximum Gasteiger partial charge on any atom is 0.333 e. The van der Waals surface area contributed by atoms with Gasteiger partial charge in [0.2, 0.25) is 11.8 Å². The molecule has 2 aromatic heterocycles. The van der Waals surface area contributed by atoms with Crippen molar-refractivity contribution in [3.63, 3.8) is 0 Å². The standard InChI is InChI=1S/C25H28N6O5S/c1-25(2)23(32)30(3)13-14-36-20-15-17(9-11-26-20)19-8-7-16-5-4-6-18(16)22(19)27-24(33)29-37(34,35)21-10-12-31(25)28-21/h7-12,15H,4-6,13-14H2,1-3H3,(H2,27,29,33). The summed E-state index contributed by atoms with van der Waals surface area (Å²) in [6.07, 6.45) is 5.60. The minimum atomic E-state index is -4.31. The van der Waals surface area contributed by atoms with Crippen LogP contribution < -0.4 is 14.8 Å². The molecule has 0 unspecified atom stereocenters. The molecule has 12 heteroatoms. The second-order valence-corrected chi connectivity index (χ2v) is 11.3. The molecule has 0 saturated carbocycles. The van der Waals surface area contributed by atoms with Crippen LogP contribution in [0, 0.1) is 0 Å². The van der Waals surface area contributed by atoms with Gasteiger partial charge in [0.15, 0.2) is 5.03 Å². The summed E-state index contributed by atoms with van der Waals surface area (Å²) in [5, 5.41) is 6.52. The van der Waals surface area contributed by atoms with Gasteiger partial charge in [-0.25, -0.2) is 14.5 Å². The number of anilines is 1. The predicted molar refractivity (Wildman–Crippen MR) is 136 cm³/mol. The molecule has 3 aromatic rings. The monoisotopic (exact) mass is 524 g/mol. The number of aromatic nitrogens is 3. The number of benzene rings is 1. The molecule has 11 nitrogen and oxygen atoms in total. The molecule has 5 rings (SSSR count). The first-order valence-corrected chi connectivity index (χ1v) is 13.4. The molecule has 1 aliphatic carbocycles. The number of hydrogen-bond acceptors (Lipinski definition) is 7. The first kappa shape index (κ1) is 24.8. The highest BCUT2D eigenvalue weighted by molar-refractivity contribution is 7.90. The van der Waals surface area contributed by atoms with Crippen LogP contribution in [0.25, 0.3) is 11.1 Å². The third-order valence-electron chi connectivity index (χ3n) is 6.75. The third-order valence-corrected chi connectivity index (χ3v) is 7.98. The number of rotatable bonds is 0. The number of sulfonamides is 1. The zero-order valence-electron chi connectivity index (χ0n) is 20.8. The van der Waals surface area contributed by atoms with Crippen molar-refractivity contribution in [3.8, 4) is 17.0 Å². The number of amides is 3. The molecule has 1 aromatic carbocycles. The van der Waals surface area contributed by atoms with Gasteiger partial charge in [0, 0.05) is 31.1 Å². The number of carbonyl (C=O) groups excluding carboxylic acids is 2. The summed E-state index contributed by atoms with van der Waals surface area (Å²) >= 11 is 0. The van der Waals surface area contributed by atoms with E-state index in [4.69, 9.17) is 4.74 Å². The van der Waals surface area contributed by atoms with E-state index in [1.54, 1.807) is 39.2 Å². The number of pyridine rings is 1. The van der Waals surface area contributed by atoms with Crippen molar-refractivity contribution < 1.29 is 22.7 Å². The summed E-state index contributed by atoms with van der Waals surface area (Å²) in [5.41, 5.74) is 2.93.